The molecule has 0 bridgehead atoms. The van der Waals surface area contributed by atoms with Crippen LogP contribution in [0.2, 0.25) is 0 Å². The third-order valence-corrected chi connectivity index (χ3v) is 4.88. The minimum absolute atomic E-state index is 0.678. The summed E-state index contributed by atoms with van der Waals surface area (Å²) >= 11 is 0. The van der Waals surface area contributed by atoms with E-state index in [1.54, 1.807) is 6.20 Å². The van der Waals surface area contributed by atoms with Crippen molar-refractivity contribution in [3.05, 3.63) is 65.9 Å². The number of hydrogen-bond donors (Lipinski definition) is 1. The third kappa shape index (κ3) is 4.00. The van der Waals surface area contributed by atoms with E-state index in [2.05, 4.69) is 74.5 Å². The minimum atomic E-state index is 0.678. The van der Waals surface area contributed by atoms with Crippen LogP contribution in [0.3, 0.4) is 0 Å². The lowest BCUT2D eigenvalue weighted by Crippen LogP contribution is -2.47. The lowest BCUT2D eigenvalue weighted by molar-refractivity contribution is 0.635. The van der Waals surface area contributed by atoms with E-state index in [-0.39, 0.29) is 0 Å². The highest BCUT2D eigenvalue weighted by molar-refractivity contribution is 5.60. The Hall–Kier alpha value is -3.15. The molecule has 6 nitrogen and oxygen atoms in total. The van der Waals surface area contributed by atoms with Crippen molar-refractivity contribution in [3.63, 3.8) is 0 Å². The highest BCUT2D eigenvalue weighted by Gasteiger charge is 2.20. The fraction of sp³-hybridized carbons (Fsp3) is 0.286. The lowest BCUT2D eigenvalue weighted by Gasteiger charge is -2.36. The molecule has 0 atom stereocenters. The topological polar surface area (TPSA) is 57.2 Å². The summed E-state index contributed by atoms with van der Waals surface area (Å²) in [5.41, 5.74) is 4.78. The van der Waals surface area contributed by atoms with E-state index >= 15 is 0 Å². The van der Waals surface area contributed by atoms with Gasteiger partial charge >= 0.3 is 0 Å². The Bertz CT molecular complexity index is 918. The second-order valence-corrected chi connectivity index (χ2v) is 6.89. The molecule has 4 rings (SSSR count). The van der Waals surface area contributed by atoms with Crippen molar-refractivity contribution >= 4 is 23.1 Å². The molecule has 3 aromatic rings. The molecule has 2 heterocycles. The summed E-state index contributed by atoms with van der Waals surface area (Å²) in [5.74, 6) is 1.40. The Balaban J connectivity index is 1.43. The first-order valence-electron chi connectivity index (χ1n) is 9.28. The Morgan fingerprint density at radius 1 is 0.889 bits per heavy atom. The van der Waals surface area contributed by atoms with Crippen LogP contribution in [-0.2, 0) is 0 Å². The number of benzene rings is 2. The molecule has 0 saturated carbocycles. The SMILES string of the molecule is Cc1cccc(N2CCN(c3nncc(Nc4ccccc4C)n3)CC2)c1. The van der Waals surface area contributed by atoms with E-state index in [0.29, 0.717) is 5.95 Å². The molecule has 1 aromatic heterocycles. The molecule has 6 heteroatoms. The van der Waals surface area contributed by atoms with Crippen LogP contribution in [0.4, 0.5) is 23.1 Å². The van der Waals surface area contributed by atoms with Crippen molar-refractivity contribution in [2.45, 2.75) is 13.8 Å². The molecule has 1 aliphatic rings. The quantitative estimate of drug-likeness (QED) is 0.768. The number of hydrogen-bond acceptors (Lipinski definition) is 6. The average molecular weight is 360 g/mol. The summed E-state index contributed by atoms with van der Waals surface area (Å²) in [6.07, 6.45) is 1.67. The van der Waals surface area contributed by atoms with Gasteiger partial charge in [-0.15, -0.1) is 5.10 Å². The fourth-order valence-electron chi connectivity index (χ4n) is 3.33. The van der Waals surface area contributed by atoms with Gasteiger partial charge in [0, 0.05) is 37.6 Å². The summed E-state index contributed by atoms with van der Waals surface area (Å²) in [4.78, 5) is 9.27. The first-order chi connectivity index (χ1) is 13.2. The Morgan fingerprint density at radius 2 is 1.67 bits per heavy atom. The Labute approximate surface area is 159 Å². The van der Waals surface area contributed by atoms with Crippen LogP contribution in [0.1, 0.15) is 11.1 Å². The van der Waals surface area contributed by atoms with Gasteiger partial charge in [-0.1, -0.05) is 30.3 Å². The zero-order chi connectivity index (χ0) is 18.6. The highest BCUT2D eigenvalue weighted by atomic mass is 15.4. The van der Waals surface area contributed by atoms with E-state index in [4.69, 9.17) is 0 Å². The molecule has 138 valence electrons. The molecule has 1 N–H and O–H groups in total. The van der Waals surface area contributed by atoms with Gasteiger partial charge in [-0.25, -0.2) is 0 Å². The summed E-state index contributed by atoms with van der Waals surface area (Å²) < 4.78 is 0. The maximum absolute atomic E-state index is 4.67. The van der Waals surface area contributed by atoms with Gasteiger partial charge in [0.1, 0.15) is 0 Å². The summed E-state index contributed by atoms with van der Waals surface area (Å²) in [5, 5.41) is 11.7. The zero-order valence-electron chi connectivity index (χ0n) is 15.8. The van der Waals surface area contributed by atoms with Gasteiger partial charge in [0.25, 0.3) is 0 Å². The molecule has 1 saturated heterocycles. The van der Waals surface area contributed by atoms with E-state index in [1.807, 2.05) is 18.2 Å². The molecule has 0 aliphatic carbocycles. The average Bonchev–Trinajstić information content (AvgIpc) is 2.70. The first-order valence-corrected chi connectivity index (χ1v) is 9.28. The molecule has 0 spiro atoms. The van der Waals surface area contributed by atoms with Crippen molar-refractivity contribution in [2.24, 2.45) is 0 Å². The smallest absolute Gasteiger partial charge is 0.247 e. The number of aromatic nitrogens is 3. The number of anilines is 4. The molecule has 1 aliphatic heterocycles. The molecular weight excluding hydrogens is 336 g/mol. The highest BCUT2D eigenvalue weighted by Crippen LogP contribution is 2.21. The predicted molar refractivity (Wildman–Crippen MR) is 110 cm³/mol. The molecule has 2 aromatic carbocycles. The largest absolute Gasteiger partial charge is 0.368 e. The molecule has 0 radical (unpaired) electrons. The Morgan fingerprint density at radius 3 is 2.44 bits per heavy atom. The fourth-order valence-corrected chi connectivity index (χ4v) is 3.33. The molecule has 0 unspecified atom stereocenters. The van der Waals surface area contributed by atoms with Gasteiger partial charge in [-0.3, -0.25) is 0 Å². The van der Waals surface area contributed by atoms with Crippen LogP contribution < -0.4 is 15.1 Å². The monoisotopic (exact) mass is 360 g/mol. The lowest BCUT2D eigenvalue weighted by atomic mass is 10.2. The number of nitrogens with one attached hydrogen (secondary N) is 1. The van der Waals surface area contributed by atoms with Crippen molar-refractivity contribution in [1.29, 1.82) is 0 Å². The molecule has 27 heavy (non-hydrogen) atoms. The number of piperazine rings is 1. The van der Waals surface area contributed by atoms with Gasteiger partial charge in [-0.2, -0.15) is 10.1 Å². The first kappa shape index (κ1) is 17.3. The number of nitrogens with zero attached hydrogens (tertiary/aromatic N) is 5. The van der Waals surface area contributed by atoms with Crippen LogP contribution in [-0.4, -0.2) is 41.4 Å². The number of para-hydroxylation sites is 1. The van der Waals surface area contributed by atoms with Crippen molar-refractivity contribution in [2.75, 3.05) is 41.3 Å². The number of aryl methyl sites for hydroxylation is 2. The van der Waals surface area contributed by atoms with Crippen LogP contribution >= 0.6 is 0 Å². The molecule has 1 fully saturated rings. The second-order valence-electron chi connectivity index (χ2n) is 6.89. The third-order valence-electron chi connectivity index (χ3n) is 4.88. The second kappa shape index (κ2) is 7.61. The van der Waals surface area contributed by atoms with Gasteiger partial charge in [0.05, 0.1) is 6.20 Å². The van der Waals surface area contributed by atoms with Crippen LogP contribution in [0.15, 0.2) is 54.7 Å². The van der Waals surface area contributed by atoms with Gasteiger partial charge < -0.3 is 15.1 Å². The number of rotatable bonds is 4. The van der Waals surface area contributed by atoms with E-state index in [1.165, 1.54) is 16.8 Å². The van der Waals surface area contributed by atoms with E-state index in [0.717, 1.165) is 37.7 Å². The van der Waals surface area contributed by atoms with Crippen LogP contribution in [0.5, 0.6) is 0 Å². The van der Waals surface area contributed by atoms with Crippen molar-refractivity contribution < 1.29 is 0 Å². The van der Waals surface area contributed by atoms with Crippen molar-refractivity contribution in [1.82, 2.24) is 15.2 Å². The van der Waals surface area contributed by atoms with E-state index in [9.17, 15) is 0 Å². The summed E-state index contributed by atoms with van der Waals surface area (Å²) in [6, 6.07) is 16.8. The van der Waals surface area contributed by atoms with Gasteiger partial charge in [-0.05, 0) is 43.2 Å². The normalized spacial score (nSPS) is 14.3. The van der Waals surface area contributed by atoms with Gasteiger partial charge in [0.15, 0.2) is 5.82 Å². The van der Waals surface area contributed by atoms with Crippen LogP contribution in [0.25, 0.3) is 0 Å². The summed E-state index contributed by atoms with van der Waals surface area (Å²) in [6.45, 7) is 7.85. The maximum Gasteiger partial charge on any atom is 0.247 e. The standard InChI is InChI=1S/C21H24N6/c1-16-6-5-8-18(14-16)26-10-12-27(13-11-26)21-24-20(15-22-25-21)23-19-9-4-3-7-17(19)2/h3-9,14-15H,10-13H2,1-2H3,(H,23,24,25). The molecule has 0 amide bonds. The molecular formula is C21H24N6. The maximum atomic E-state index is 4.67. The Kier molecular flexibility index (Phi) is 4.87. The van der Waals surface area contributed by atoms with Crippen LogP contribution in [0, 0.1) is 13.8 Å². The van der Waals surface area contributed by atoms with E-state index < -0.39 is 0 Å². The minimum Gasteiger partial charge on any atom is -0.368 e. The predicted octanol–water partition coefficient (Wildman–Crippen LogP) is 3.56. The van der Waals surface area contributed by atoms with Gasteiger partial charge in [0.2, 0.25) is 5.95 Å². The van der Waals surface area contributed by atoms with Crippen molar-refractivity contribution in [3.8, 4) is 0 Å². The zero-order valence-corrected chi connectivity index (χ0v) is 15.8. The summed E-state index contributed by atoms with van der Waals surface area (Å²) in [7, 11) is 0.